The number of aliphatic hydroxyl groups excluding tert-OH is 2. The van der Waals surface area contributed by atoms with Gasteiger partial charge in [-0.2, -0.15) is 26.3 Å². The van der Waals surface area contributed by atoms with Crippen molar-refractivity contribution in [1.82, 2.24) is 24.8 Å². The number of alkyl halides is 6. The number of esters is 1. The fourth-order valence-electron chi connectivity index (χ4n) is 3.72. The molecule has 2 amide bonds. The molecule has 222 valence electrons. The number of fused-ring (bicyclic) bond motifs is 1. The molecule has 0 aliphatic carbocycles. The van der Waals surface area contributed by atoms with Gasteiger partial charge in [0.1, 0.15) is 42.2 Å². The fourth-order valence-corrected chi connectivity index (χ4v) is 5.36. The summed E-state index contributed by atoms with van der Waals surface area (Å²) in [5.41, 5.74) is -0.375. The van der Waals surface area contributed by atoms with Crippen LogP contribution in [-0.2, 0) is 34.8 Å². The van der Waals surface area contributed by atoms with Gasteiger partial charge in [-0.05, 0) is 10.9 Å². The van der Waals surface area contributed by atoms with Crippen molar-refractivity contribution in [2.45, 2.75) is 49.4 Å². The van der Waals surface area contributed by atoms with Crippen LogP contribution in [0.15, 0.2) is 12.7 Å². The molecule has 2 aromatic heterocycles. The number of ether oxygens (including phenoxy) is 2. The number of anilines is 1. The number of hydrogen-bond acceptors (Lipinski definition) is 10. The second-order valence-corrected chi connectivity index (χ2v) is 10.8. The van der Waals surface area contributed by atoms with Gasteiger partial charge in [0.15, 0.2) is 23.2 Å². The Morgan fingerprint density at radius 3 is 2.35 bits per heavy atom. The van der Waals surface area contributed by atoms with Crippen LogP contribution in [0, 0.1) is 0 Å². The Balaban J connectivity index is 1.68. The summed E-state index contributed by atoms with van der Waals surface area (Å²) in [7, 11) is 0.228. The molecule has 1 fully saturated rings. The fraction of sp³-hybridized carbons (Fsp3) is 0.600. The molecular weight excluding hydrogens is 582 g/mol. The molecule has 0 spiro atoms. The zero-order valence-electron chi connectivity index (χ0n) is 20.6. The second-order valence-electron chi connectivity index (χ2n) is 8.53. The summed E-state index contributed by atoms with van der Waals surface area (Å²) >= 11 is 0. The Hall–Kier alpha value is -3.23. The lowest BCUT2D eigenvalue weighted by Gasteiger charge is -2.18. The number of nitrogens with one attached hydrogen (secondary N) is 2. The summed E-state index contributed by atoms with van der Waals surface area (Å²) in [4.78, 5) is 45.8. The first-order valence-corrected chi connectivity index (χ1v) is 13.1. The monoisotopic (exact) mass is 605 g/mol. The normalized spacial score (nSPS) is 23.1. The van der Waals surface area contributed by atoms with Crippen LogP contribution in [-0.4, -0.2) is 109 Å². The first-order chi connectivity index (χ1) is 18.5. The van der Waals surface area contributed by atoms with Gasteiger partial charge in [-0.1, -0.05) is 0 Å². The van der Waals surface area contributed by atoms with E-state index in [1.54, 1.807) is 16.9 Å². The van der Waals surface area contributed by atoms with Gasteiger partial charge >= 0.3 is 30.1 Å². The lowest BCUT2D eigenvalue weighted by atomic mass is 10.1. The number of hydrogen-bond donors (Lipinski definition) is 4. The maximum atomic E-state index is 12.6. The van der Waals surface area contributed by atoms with Crippen molar-refractivity contribution in [3.63, 3.8) is 0 Å². The van der Waals surface area contributed by atoms with E-state index < -0.39 is 77.4 Å². The molecule has 6 atom stereocenters. The molecule has 13 nitrogen and oxygen atoms in total. The third kappa shape index (κ3) is 7.09. The van der Waals surface area contributed by atoms with E-state index in [9.17, 15) is 50.9 Å². The van der Waals surface area contributed by atoms with Crippen LogP contribution in [0.3, 0.4) is 0 Å². The number of imidazole rings is 1. The van der Waals surface area contributed by atoms with E-state index in [0.717, 1.165) is 24.3 Å². The number of carbonyl (C=O) groups excluding carboxylic acids is 3. The van der Waals surface area contributed by atoms with Gasteiger partial charge < -0.3 is 30.3 Å². The SMILES string of the molecule is COC(=O)C(CC[S+](C)C[C@H]1O[C@@H](n2cnc3c(NC(=O)C(F)(F)F)ncnc32)[C@H](O)[C@@H]1O)NC(=O)C(F)(F)F. The minimum absolute atomic E-state index is 0.0738. The van der Waals surface area contributed by atoms with Gasteiger partial charge in [0.2, 0.25) is 0 Å². The molecule has 1 saturated heterocycles. The van der Waals surface area contributed by atoms with Crippen LogP contribution in [0.25, 0.3) is 11.2 Å². The van der Waals surface area contributed by atoms with Crippen molar-refractivity contribution >= 4 is 45.7 Å². The average molecular weight is 605 g/mol. The van der Waals surface area contributed by atoms with E-state index in [4.69, 9.17) is 4.74 Å². The maximum absolute atomic E-state index is 12.6. The molecule has 1 aliphatic heterocycles. The Bertz CT molecular complexity index is 1240. The van der Waals surface area contributed by atoms with E-state index in [1.165, 1.54) is 0 Å². The molecule has 4 N–H and O–H groups in total. The first-order valence-electron chi connectivity index (χ1n) is 11.2. The van der Waals surface area contributed by atoms with Gasteiger partial charge in [0.05, 0.1) is 19.7 Å². The Kier molecular flexibility index (Phi) is 9.47. The number of amides is 2. The van der Waals surface area contributed by atoms with Crippen LogP contribution in [0.2, 0.25) is 0 Å². The molecule has 20 heteroatoms. The van der Waals surface area contributed by atoms with Crippen molar-refractivity contribution in [2.24, 2.45) is 0 Å². The minimum Gasteiger partial charge on any atom is -0.467 e. The summed E-state index contributed by atoms with van der Waals surface area (Å²) in [6, 6.07) is -1.58. The van der Waals surface area contributed by atoms with E-state index in [0.29, 0.717) is 0 Å². The molecule has 0 radical (unpaired) electrons. The number of aliphatic hydroxyl groups is 2. The first kappa shape index (κ1) is 31.3. The molecule has 40 heavy (non-hydrogen) atoms. The predicted octanol–water partition coefficient (Wildman–Crippen LogP) is -0.195. The van der Waals surface area contributed by atoms with Crippen molar-refractivity contribution < 1.29 is 60.4 Å². The van der Waals surface area contributed by atoms with E-state index in [1.807, 2.05) is 0 Å². The molecule has 2 unspecified atom stereocenters. The van der Waals surface area contributed by atoms with Gasteiger partial charge in [0, 0.05) is 6.42 Å². The quantitative estimate of drug-likeness (QED) is 0.170. The van der Waals surface area contributed by atoms with Gasteiger partial charge in [0.25, 0.3) is 0 Å². The lowest BCUT2D eigenvalue weighted by molar-refractivity contribution is -0.175. The molecule has 0 aromatic carbocycles. The van der Waals surface area contributed by atoms with E-state index in [2.05, 4.69) is 19.7 Å². The third-order valence-electron chi connectivity index (χ3n) is 5.71. The second kappa shape index (κ2) is 12.1. The number of methoxy groups -OCH3 is 1. The Morgan fingerprint density at radius 1 is 1.10 bits per heavy atom. The lowest BCUT2D eigenvalue weighted by Crippen LogP contribution is -2.48. The Labute approximate surface area is 223 Å². The molecule has 0 bridgehead atoms. The highest BCUT2D eigenvalue weighted by molar-refractivity contribution is 7.96. The van der Waals surface area contributed by atoms with Crippen molar-refractivity contribution in [3.8, 4) is 0 Å². The highest BCUT2D eigenvalue weighted by Crippen LogP contribution is 2.33. The maximum Gasteiger partial charge on any atom is 0.471 e. The summed E-state index contributed by atoms with van der Waals surface area (Å²) in [6.45, 7) is 0. The van der Waals surface area contributed by atoms with Crippen LogP contribution >= 0.6 is 0 Å². The molecular formula is C20H23F6N6O7S+. The van der Waals surface area contributed by atoms with Gasteiger partial charge in [-0.25, -0.2) is 19.7 Å². The van der Waals surface area contributed by atoms with E-state index >= 15 is 0 Å². The average Bonchev–Trinajstić information content (AvgIpc) is 3.41. The largest absolute Gasteiger partial charge is 0.471 e. The smallest absolute Gasteiger partial charge is 0.467 e. The number of carbonyl (C=O) groups is 3. The molecule has 2 aromatic rings. The number of rotatable bonds is 9. The van der Waals surface area contributed by atoms with Crippen molar-refractivity contribution in [3.05, 3.63) is 12.7 Å². The van der Waals surface area contributed by atoms with Crippen LogP contribution in [0.5, 0.6) is 0 Å². The predicted molar refractivity (Wildman–Crippen MR) is 124 cm³/mol. The van der Waals surface area contributed by atoms with Crippen LogP contribution in [0.1, 0.15) is 12.6 Å². The molecule has 0 saturated carbocycles. The standard InChI is InChI=1S/C20H22F6N6O7S/c1-38-16(35)8(30-17(36)19(21,22)23)3-4-40(2)5-9-11(33)12(34)15(39-9)32-7-29-10-13(27-6-28-14(10)32)31-18(37)20(24,25)26/h6-9,11-12,15,33-34H,3-5H2,1-2H3,(H-,27,28,30,31,36,37)/p+1/t8?,9-,11-,12-,15-,40?/m1/s1. The topological polar surface area (TPSA) is 178 Å². The van der Waals surface area contributed by atoms with Gasteiger partial charge in [-0.3, -0.25) is 14.2 Å². The highest BCUT2D eigenvalue weighted by atomic mass is 32.2. The number of aromatic nitrogens is 4. The van der Waals surface area contributed by atoms with Crippen LogP contribution < -0.4 is 10.6 Å². The molecule has 3 heterocycles. The Morgan fingerprint density at radius 2 is 1.75 bits per heavy atom. The summed E-state index contributed by atoms with van der Waals surface area (Å²) in [6.07, 6.45) is -12.4. The van der Waals surface area contributed by atoms with Crippen molar-refractivity contribution in [2.75, 3.05) is 30.2 Å². The number of halogens is 6. The number of nitrogens with zero attached hydrogens (tertiary/aromatic N) is 4. The molecule has 1 aliphatic rings. The van der Waals surface area contributed by atoms with Gasteiger partial charge in [-0.15, -0.1) is 0 Å². The minimum atomic E-state index is -5.21. The van der Waals surface area contributed by atoms with Crippen LogP contribution in [0.4, 0.5) is 32.2 Å². The summed E-state index contributed by atoms with van der Waals surface area (Å²) in [5.74, 6) is -6.06. The highest BCUT2D eigenvalue weighted by Gasteiger charge is 2.47. The summed E-state index contributed by atoms with van der Waals surface area (Å²) in [5, 5.41) is 24.3. The third-order valence-corrected chi connectivity index (χ3v) is 7.54. The molecule has 3 rings (SSSR count). The zero-order chi connectivity index (χ0) is 30.0. The summed E-state index contributed by atoms with van der Waals surface area (Å²) < 4.78 is 87.0. The van der Waals surface area contributed by atoms with E-state index in [-0.39, 0.29) is 29.1 Å². The van der Waals surface area contributed by atoms with Crippen molar-refractivity contribution in [1.29, 1.82) is 0 Å². The zero-order valence-corrected chi connectivity index (χ0v) is 21.4.